The van der Waals surface area contributed by atoms with E-state index >= 15 is 0 Å². The fourth-order valence-electron chi connectivity index (χ4n) is 2.11. The highest BCUT2D eigenvalue weighted by molar-refractivity contribution is 8.12. The summed E-state index contributed by atoms with van der Waals surface area (Å²) in [7, 11) is 1.84. The molecule has 0 unspecified atom stereocenters. The summed E-state index contributed by atoms with van der Waals surface area (Å²) in [5.41, 5.74) is 0. The fraction of sp³-hybridized carbons (Fsp3) is 0.917. The molecule has 1 heterocycles. The van der Waals surface area contributed by atoms with Crippen LogP contribution < -0.4 is 0 Å². The van der Waals surface area contributed by atoms with Crippen molar-refractivity contribution in [2.45, 2.75) is 20.0 Å². The average molecular weight is 260 g/mol. The second-order valence-electron chi connectivity index (χ2n) is 5.00. The van der Waals surface area contributed by atoms with Crippen LogP contribution in [0.2, 0.25) is 0 Å². The summed E-state index contributed by atoms with van der Waals surface area (Å²) >= 11 is 1.25. The Labute approximate surface area is 109 Å². The number of thioether (sulfide) groups is 1. The van der Waals surface area contributed by atoms with E-state index in [4.69, 9.17) is 4.74 Å². The minimum atomic E-state index is 0.106. The number of ether oxygens (including phenoxy) is 1. The summed E-state index contributed by atoms with van der Waals surface area (Å²) in [6.07, 6.45) is 1.97. The van der Waals surface area contributed by atoms with Gasteiger partial charge in [-0.2, -0.15) is 0 Å². The molecule has 1 saturated heterocycles. The monoisotopic (exact) mass is 260 g/mol. The van der Waals surface area contributed by atoms with Crippen LogP contribution in [0.15, 0.2) is 0 Å². The lowest BCUT2D eigenvalue weighted by Crippen LogP contribution is -2.48. The van der Waals surface area contributed by atoms with E-state index in [1.807, 2.05) is 13.3 Å². The number of hydrogen-bond donors (Lipinski definition) is 0. The van der Waals surface area contributed by atoms with E-state index in [1.165, 1.54) is 11.8 Å². The van der Waals surface area contributed by atoms with Gasteiger partial charge in [-0.05, 0) is 12.2 Å². The maximum absolute atomic E-state index is 11.5. The first-order valence-electron chi connectivity index (χ1n) is 6.16. The Kier molecular flexibility index (Phi) is 6.30. The van der Waals surface area contributed by atoms with Crippen molar-refractivity contribution in [3.63, 3.8) is 0 Å². The van der Waals surface area contributed by atoms with E-state index in [1.54, 1.807) is 4.90 Å². The van der Waals surface area contributed by atoms with Crippen molar-refractivity contribution in [2.24, 2.45) is 5.92 Å². The highest BCUT2D eigenvalue weighted by Gasteiger charge is 2.23. The van der Waals surface area contributed by atoms with Crippen molar-refractivity contribution in [3.05, 3.63) is 0 Å². The molecule has 1 rings (SSSR count). The van der Waals surface area contributed by atoms with Gasteiger partial charge in [-0.3, -0.25) is 9.69 Å². The molecule has 1 amide bonds. The molecule has 100 valence electrons. The molecule has 1 fully saturated rings. The minimum absolute atomic E-state index is 0.106. The Bertz CT molecular complexity index is 249. The first-order valence-corrected chi connectivity index (χ1v) is 7.38. The summed E-state index contributed by atoms with van der Waals surface area (Å²) in [6.45, 7) is 8.98. The van der Waals surface area contributed by atoms with Crippen molar-refractivity contribution >= 4 is 17.0 Å². The third kappa shape index (κ3) is 5.27. The maximum Gasteiger partial charge on any atom is 0.281 e. The fourth-order valence-corrected chi connectivity index (χ4v) is 2.50. The number of hydrogen-bond acceptors (Lipinski definition) is 4. The predicted molar refractivity (Wildman–Crippen MR) is 72.6 cm³/mol. The van der Waals surface area contributed by atoms with Gasteiger partial charge < -0.3 is 9.64 Å². The number of rotatable bonds is 4. The molecular weight excluding hydrogens is 236 g/mol. The molecule has 0 saturated carbocycles. The van der Waals surface area contributed by atoms with Crippen LogP contribution in [0.5, 0.6) is 0 Å². The van der Waals surface area contributed by atoms with Gasteiger partial charge in [0.15, 0.2) is 0 Å². The lowest BCUT2D eigenvalue weighted by molar-refractivity contribution is -0.0384. The normalized spacial score (nSPS) is 21.8. The van der Waals surface area contributed by atoms with Crippen LogP contribution in [0.4, 0.5) is 4.79 Å². The zero-order valence-electron chi connectivity index (χ0n) is 11.3. The van der Waals surface area contributed by atoms with Gasteiger partial charge in [-0.1, -0.05) is 25.6 Å². The zero-order valence-corrected chi connectivity index (χ0v) is 12.1. The maximum atomic E-state index is 11.5. The van der Waals surface area contributed by atoms with Crippen LogP contribution in [-0.2, 0) is 4.74 Å². The molecule has 0 bridgehead atoms. The van der Waals surface area contributed by atoms with Gasteiger partial charge in [0.1, 0.15) is 0 Å². The predicted octanol–water partition coefficient (Wildman–Crippen LogP) is 1.76. The molecule has 17 heavy (non-hydrogen) atoms. The van der Waals surface area contributed by atoms with Crippen LogP contribution in [0.25, 0.3) is 0 Å². The third-order valence-corrected chi connectivity index (χ3v) is 3.47. The molecule has 0 aliphatic carbocycles. The van der Waals surface area contributed by atoms with Crippen LogP contribution in [0.1, 0.15) is 13.8 Å². The molecule has 1 aliphatic heterocycles. The zero-order chi connectivity index (χ0) is 12.8. The largest absolute Gasteiger partial charge is 0.374 e. The highest BCUT2D eigenvalue weighted by atomic mass is 32.2. The third-order valence-electron chi connectivity index (χ3n) is 2.81. The molecule has 0 spiro atoms. The van der Waals surface area contributed by atoms with Crippen molar-refractivity contribution in [3.8, 4) is 0 Å². The van der Waals surface area contributed by atoms with Crippen LogP contribution >= 0.6 is 11.8 Å². The van der Waals surface area contributed by atoms with Gasteiger partial charge in [-0.15, -0.1) is 0 Å². The van der Waals surface area contributed by atoms with E-state index in [-0.39, 0.29) is 11.3 Å². The van der Waals surface area contributed by atoms with E-state index in [2.05, 4.69) is 18.7 Å². The molecule has 4 nitrogen and oxygen atoms in total. The lowest BCUT2D eigenvalue weighted by atomic mass is 10.2. The Morgan fingerprint density at radius 2 is 2.29 bits per heavy atom. The summed E-state index contributed by atoms with van der Waals surface area (Å²) in [5, 5.41) is 0.106. The Morgan fingerprint density at radius 1 is 1.59 bits per heavy atom. The van der Waals surface area contributed by atoms with Crippen molar-refractivity contribution in [1.29, 1.82) is 0 Å². The van der Waals surface area contributed by atoms with Gasteiger partial charge in [0.05, 0.1) is 12.7 Å². The standard InChI is InChI=1S/C12H24N2O2S/c1-10(2)7-14-5-6-16-11(9-14)8-13(3)12(15)17-4/h10-11H,5-9H2,1-4H3/t11-/m1/s1. The highest BCUT2D eigenvalue weighted by Crippen LogP contribution is 2.11. The molecule has 1 atom stereocenters. The first kappa shape index (κ1) is 14.8. The van der Waals surface area contributed by atoms with Crippen molar-refractivity contribution in [2.75, 3.05) is 46.1 Å². The average Bonchev–Trinajstić information content (AvgIpc) is 2.27. The van der Waals surface area contributed by atoms with Crippen LogP contribution in [-0.4, -0.2) is 67.2 Å². The summed E-state index contributed by atoms with van der Waals surface area (Å²) in [5.74, 6) is 0.680. The molecule has 0 aromatic carbocycles. The SMILES string of the molecule is CSC(=O)N(C)C[C@@H]1CN(CC(C)C)CCO1. The van der Waals surface area contributed by atoms with E-state index in [9.17, 15) is 4.79 Å². The first-order chi connectivity index (χ1) is 8.02. The summed E-state index contributed by atoms with van der Waals surface area (Å²) in [4.78, 5) is 15.6. The second kappa shape index (κ2) is 7.24. The number of carbonyl (C=O) groups is 1. The van der Waals surface area contributed by atoms with Crippen LogP contribution in [0.3, 0.4) is 0 Å². The van der Waals surface area contributed by atoms with Crippen LogP contribution in [0, 0.1) is 5.92 Å². The topological polar surface area (TPSA) is 32.8 Å². The minimum Gasteiger partial charge on any atom is -0.374 e. The second-order valence-corrected chi connectivity index (χ2v) is 5.75. The van der Waals surface area contributed by atoms with Crippen molar-refractivity contribution in [1.82, 2.24) is 9.80 Å². The molecule has 0 N–H and O–H groups in total. The number of likely N-dealkylation sites (N-methyl/N-ethyl adjacent to an activating group) is 1. The van der Waals surface area contributed by atoms with Gasteiger partial charge >= 0.3 is 0 Å². The summed E-state index contributed by atoms with van der Waals surface area (Å²) < 4.78 is 5.71. The van der Waals surface area contributed by atoms with Gasteiger partial charge in [-0.25, -0.2) is 0 Å². The van der Waals surface area contributed by atoms with Crippen molar-refractivity contribution < 1.29 is 9.53 Å². The Morgan fingerprint density at radius 3 is 2.88 bits per heavy atom. The summed E-state index contributed by atoms with van der Waals surface area (Å²) in [6, 6.07) is 0. The molecule has 0 radical (unpaired) electrons. The van der Waals surface area contributed by atoms with E-state index < -0.39 is 0 Å². The Hall–Kier alpha value is -0.260. The molecular formula is C12H24N2O2S. The van der Waals surface area contributed by atoms with Gasteiger partial charge in [0.2, 0.25) is 0 Å². The van der Waals surface area contributed by atoms with E-state index in [0.29, 0.717) is 12.5 Å². The Balaban J connectivity index is 2.36. The smallest absolute Gasteiger partial charge is 0.281 e. The lowest BCUT2D eigenvalue weighted by Gasteiger charge is -2.35. The van der Waals surface area contributed by atoms with Gasteiger partial charge in [0, 0.05) is 33.2 Å². The number of nitrogens with zero attached hydrogens (tertiary/aromatic N) is 2. The molecule has 0 aromatic rings. The number of carbonyl (C=O) groups excluding carboxylic acids is 1. The molecule has 5 heteroatoms. The number of amides is 1. The van der Waals surface area contributed by atoms with E-state index in [0.717, 1.165) is 26.2 Å². The van der Waals surface area contributed by atoms with Gasteiger partial charge in [0.25, 0.3) is 5.24 Å². The number of morpholine rings is 1. The molecule has 0 aromatic heterocycles. The quantitative estimate of drug-likeness (QED) is 0.771. The molecule has 1 aliphatic rings.